The van der Waals surface area contributed by atoms with Crippen LogP contribution < -0.4 is 5.32 Å². The fourth-order valence-corrected chi connectivity index (χ4v) is 2.48. The summed E-state index contributed by atoms with van der Waals surface area (Å²) in [5.74, 6) is 1.50. The third kappa shape index (κ3) is 3.31. The molecule has 21 heavy (non-hydrogen) atoms. The van der Waals surface area contributed by atoms with Gasteiger partial charge in [0, 0.05) is 18.2 Å². The molecule has 0 amide bonds. The number of nitrogens with zero attached hydrogens (tertiary/aromatic N) is 2. The van der Waals surface area contributed by atoms with Crippen molar-refractivity contribution in [1.82, 2.24) is 9.97 Å². The minimum atomic E-state index is 0.469. The van der Waals surface area contributed by atoms with Crippen molar-refractivity contribution < 1.29 is 0 Å². The van der Waals surface area contributed by atoms with E-state index in [1.807, 2.05) is 18.2 Å². The highest BCUT2D eigenvalue weighted by atomic mass is 35.5. The van der Waals surface area contributed by atoms with Crippen molar-refractivity contribution in [3.8, 4) is 0 Å². The predicted molar refractivity (Wildman–Crippen MR) is 88.3 cm³/mol. The Labute approximate surface area is 129 Å². The second-order valence-electron chi connectivity index (χ2n) is 4.93. The smallest absolute Gasteiger partial charge is 0.135 e. The van der Waals surface area contributed by atoms with Gasteiger partial charge in [-0.2, -0.15) is 0 Å². The summed E-state index contributed by atoms with van der Waals surface area (Å²) in [4.78, 5) is 8.72. The number of hydrogen-bond donors (Lipinski definition) is 1. The molecule has 0 fully saturated rings. The summed E-state index contributed by atoms with van der Waals surface area (Å²) >= 11 is 6.06. The monoisotopic (exact) mass is 297 g/mol. The number of rotatable bonds is 4. The van der Waals surface area contributed by atoms with Crippen LogP contribution in [0.2, 0.25) is 5.15 Å². The Balaban J connectivity index is 1.90. The molecule has 0 unspecified atom stereocenters. The minimum absolute atomic E-state index is 0.469. The van der Waals surface area contributed by atoms with Crippen LogP contribution >= 0.6 is 11.6 Å². The molecule has 2 aromatic carbocycles. The number of halogens is 1. The summed E-state index contributed by atoms with van der Waals surface area (Å²) in [5, 5.41) is 6.18. The van der Waals surface area contributed by atoms with Gasteiger partial charge >= 0.3 is 0 Å². The maximum atomic E-state index is 6.06. The predicted octanol–water partition coefficient (Wildman–Crippen LogP) is 4.98. The highest BCUT2D eigenvalue weighted by Gasteiger charge is 2.04. The van der Waals surface area contributed by atoms with Gasteiger partial charge in [-0.3, -0.25) is 0 Å². The van der Waals surface area contributed by atoms with Crippen LogP contribution in [-0.2, 0) is 6.42 Å². The van der Waals surface area contributed by atoms with Gasteiger partial charge in [-0.1, -0.05) is 48.9 Å². The summed E-state index contributed by atoms with van der Waals surface area (Å²) in [5.41, 5.74) is 0.992. The summed E-state index contributed by atoms with van der Waals surface area (Å²) in [6.07, 6.45) is 1.82. The molecular weight excluding hydrogens is 282 g/mol. The Hall–Kier alpha value is -2.13. The van der Waals surface area contributed by atoms with Gasteiger partial charge in [0.1, 0.15) is 16.8 Å². The fraction of sp³-hybridized carbons (Fsp3) is 0.176. The molecule has 0 aliphatic rings. The highest BCUT2D eigenvalue weighted by Crippen LogP contribution is 2.22. The second-order valence-corrected chi connectivity index (χ2v) is 5.32. The molecule has 0 spiro atoms. The van der Waals surface area contributed by atoms with Gasteiger partial charge in [-0.15, -0.1) is 0 Å². The van der Waals surface area contributed by atoms with Crippen LogP contribution in [0.5, 0.6) is 0 Å². The summed E-state index contributed by atoms with van der Waals surface area (Å²) in [6.45, 7) is 2.10. The summed E-state index contributed by atoms with van der Waals surface area (Å²) in [6, 6.07) is 16.2. The molecule has 0 aliphatic heterocycles. The van der Waals surface area contributed by atoms with Crippen molar-refractivity contribution in [3.05, 3.63) is 59.5 Å². The molecule has 1 heterocycles. The van der Waals surface area contributed by atoms with Crippen LogP contribution in [-0.4, -0.2) is 9.97 Å². The Morgan fingerprint density at radius 3 is 2.62 bits per heavy atom. The first kappa shape index (κ1) is 13.8. The van der Waals surface area contributed by atoms with Crippen LogP contribution in [0.4, 0.5) is 11.5 Å². The summed E-state index contributed by atoms with van der Waals surface area (Å²) in [7, 11) is 0. The lowest BCUT2D eigenvalue weighted by atomic mass is 10.1. The number of fused-ring (bicyclic) bond motifs is 1. The topological polar surface area (TPSA) is 37.8 Å². The van der Waals surface area contributed by atoms with E-state index < -0.39 is 0 Å². The molecule has 4 heteroatoms. The van der Waals surface area contributed by atoms with Crippen LogP contribution in [0.25, 0.3) is 10.8 Å². The first-order valence-corrected chi connectivity index (χ1v) is 7.41. The third-order valence-electron chi connectivity index (χ3n) is 3.24. The highest BCUT2D eigenvalue weighted by molar-refractivity contribution is 6.29. The van der Waals surface area contributed by atoms with Crippen LogP contribution in [0.1, 0.15) is 19.2 Å². The number of benzene rings is 2. The van der Waals surface area contributed by atoms with E-state index in [-0.39, 0.29) is 0 Å². The zero-order valence-electron chi connectivity index (χ0n) is 11.8. The van der Waals surface area contributed by atoms with Crippen molar-refractivity contribution >= 4 is 33.9 Å². The van der Waals surface area contributed by atoms with Gasteiger partial charge in [0.15, 0.2) is 0 Å². The van der Waals surface area contributed by atoms with Crippen LogP contribution in [0, 0.1) is 0 Å². The van der Waals surface area contributed by atoms with Crippen molar-refractivity contribution in [1.29, 1.82) is 0 Å². The number of hydrogen-bond acceptors (Lipinski definition) is 3. The molecule has 106 valence electrons. The summed E-state index contributed by atoms with van der Waals surface area (Å²) < 4.78 is 0. The van der Waals surface area contributed by atoms with E-state index in [0.29, 0.717) is 5.15 Å². The Morgan fingerprint density at radius 1 is 1.00 bits per heavy atom. The molecule has 0 aliphatic carbocycles. The molecule has 0 radical (unpaired) electrons. The molecule has 3 rings (SSSR count). The molecule has 3 aromatic rings. The second kappa shape index (κ2) is 6.10. The SMILES string of the molecule is CCCc1nc(Cl)cc(Nc2ccc3ccccc3c2)n1. The van der Waals surface area contributed by atoms with Gasteiger partial charge in [0.25, 0.3) is 0 Å². The fourth-order valence-electron chi connectivity index (χ4n) is 2.28. The largest absolute Gasteiger partial charge is 0.340 e. The van der Waals surface area contributed by atoms with E-state index in [0.717, 1.165) is 30.2 Å². The van der Waals surface area contributed by atoms with Gasteiger partial charge in [0.2, 0.25) is 0 Å². The maximum absolute atomic E-state index is 6.06. The van der Waals surface area contributed by atoms with Crippen molar-refractivity contribution in [2.75, 3.05) is 5.32 Å². The molecule has 0 atom stereocenters. The Morgan fingerprint density at radius 2 is 1.81 bits per heavy atom. The van der Waals surface area contributed by atoms with Crippen molar-refractivity contribution in [2.45, 2.75) is 19.8 Å². The van der Waals surface area contributed by atoms with E-state index in [1.54, 1.807) is 6.07 Å². The van der Waals surface area contributed by atoms with Gasteiger partial charge in [-0.25, -0.2) is 9.97 Å². The average Bonchev–Trinajstić information content (AvgIpc) is 2.47. The average molecular weight is 298 g/mol. The molecule has 0 saturated carbocycles. The van der Waals surface area contributed by atoms with E-state index in [9.17, 15) is 0 Å². The van der Waals surface area contributed by atoms with Crippen molar-refractivity contribution in [3.63, 3.8) is 0 Å². The molecule has 1 aromatic heterocycles. The molecule has 3 nitrogen and oxygen atoms in total. The zero-order valence-corrected chi connectivity index (χ0v) is 12.6. The maximum Gasteiger partial charge on any atom is 0.135 e. The lowest BCUT2D eigenvalue weighted by molar-refractivity contribution is 0.837. The quantitative estimate of drug-likeness (QED) is 0.690. The van der Waals surface area contributed by atoms with Gasteiger partial charge in [0.05, 0.1) is 0 Å². The van der Waals surface area contributed by atoms with E-state index >= 15 is 0 Å². The van der Waals surface area contributed by atoms with E-state index in [1.165, 1.54) is 10.8 Å². The van der Waals surface area contributed by atoms with Gasteiger partial charge in [-0.05, 0) is 29.3 Å². The number of nitrogens with one attached hydrogen (secondary N) is 1. The van der Waals surface area contributed by atoms with E-state index in [4.69, 9.17) is 11.6 Å². The lowest BCUT2D eigenvalue weighted by Gasteiger charge is -2.08. The van der Waals surface area contributed by atoms with Gasteiger partial charge < -0.3 is 5.32 Å². The van der Waals surface area contributed by atoms with Crippen molar-refractivity contribution in [2.24, 2.45) is 0 Å². The number of aromatic nitrogens is 2. The molecular formula is C17H16ClN3. The Kier molecular flexibility index (Phi) is 4.02. The molecule has 1 N–H and O–H groups in total. The molecule has 0 saturated heterocycles. The number of anilines is 2. The lowest BCUT2D eigenvalue weighted by Crippen LogP contribution is -2.00. The third-order valence-corrected chi connectivity index (χ3v) is 3.43. The zero-order chi connectivity index (χ0) is 14.7. The first-order valence-electron chi connectivity index (χ1n) is 7.04. The van der Waals surface area contributed by atoms with Crippen LogP contribution in [0.3, 0.4) is 0 Å². The normalized spacial score (nSPS) is 10.8. The van der Waals surface area contributed by atoms with E-state index in [2.05, 4.69) is 46.5 Å². The Bertz CT molecular complexity index is 771. The minimum Gasteiger partial charge on any atom is -0.340 e. The molecule has 0 bridgehead atoms. The van der Waals surface area contributed by atoms with Crippen LogP contribution in [0.15, 0.2) is 48.5 Å². The number of aryl methyl sites for hydroxylation is 1. The first-order chi connectivity index (χ1) is 10.2. The standard InChI is InChI=1S/C17H16ClN3/c1-2-5-16-20-15(18)11-17(21-16)19-14-9-8-12-6-3-4-7-13(12)10-14/h3-4,6-11H,2,5H2,1H3,(H,19,20,21).